The number of halogens is 3. The van der Waals surface area contributed by atoms with E-state index in [1.807, 2.05) is 0 Å². The maximum absolute atomic E-state index is 13.6. The Bertz CT molecular complexity index is 516. The first-order valence-electron chi connectivity index (χ1n) is 7.22. The highest BCUT2D eigenvalue weighted by Crippen LogP contribution is 2.22. The summed E-state index contributed by atoms with van der Waals surface area (Å²) >= 11 is 0. The van der Waals surface area contributed by atoms with Crippen LogP contribution in [0.4, 0.5) is 18.9 Å². The number of allylic oxidation sites excluding steroid dienone is 1. The van der Waals surface area contributed by atoms with Crippen molar-refractivity contribution in [1.82, 2.24) is 4.90 Å². The maximum atomic E-state index is 13.6. The van der Waals surface area contributed by atoms with E-state index in [0.717, 1.165) is 38.5 Å². The first kappa shape index (κ1) is 15.9. The second-order valence-corrected chi connectivity index (χ2v) is 5.75. The molecule has 0 unspecified atom stereocenters. The van der Waals surface area contributed by atoms with Gasteiger partial charge in [-0.2, -0.15) is 0 Å². The van der Waals surface area contributed by atoms with Crippen LogP contribution in [0.25, 0.3) is 0 Å². The molecule has 1 N–H and O–H groups in total. The van der Waals surface area contributed by atoms with Gasteiger partial charge in [0.25, 0.3) is 0 Å². The van der Waals surface area contributed by atoms with E-state index in [1.165, 1.54) is 5.57 Å². The molecule has 1 aliphatic heterocycles. The van der Waals surface area contributed by atoms with Gasteiger partial charge in [-0.1, -0.05) is 11.6 Å². The molecule has 5 heteroatoms. The van der Waals surface area contributed by atoms with E-state index < -0.39 is 17.5 Å². The summed E-state index contributed by atoms with van der Waals surface area (Å²) in [7, 11) is 0. The lowest BCUT2D eigenvalue weighted by Crippen LogP contribution is -2.39. The van der Waals surface area contributed by atoms with Crippen molar-refractivity contribution in [3.05, 3.63) is 41.2 Å². The molecule has 1 aromatic carbocycles. The Morgan fingerprint density at radius 3 is 2.38 bits per heavy atom. The Balaban J connectivity index is 1.89. The van der Waals surface area contributed by atoms with E-state index in [9.17, 15) is 13.2 Å². The number of benzene rings is 1. The van der Waals surface area contributed by atoms with Gasteiger partial charge < -0.3 is 5.32 Å². The first-order chi connectivity index (χ1) is 9.95. The van der Waals surface area contributed by atoms with Crippen LogP contribution in [-0.4, -0.2) is 30.6 Å². The van der Waals surface area contributed by atoms with E-state index in [-0.39, 0.29) is 11.7 Å². The molecule has 0 atom stereocenters. The zero-order valence-electron chi connectivity index (χ0n) is 12.4. The van der Waals surface area contributed by atoms with Crippen molar-refractivity contribution in [2.45, 2.75) is 32.7 Å². The van der Waals surface area contributed by atoms with Crippen molar-refractivity contribution >= 4 is 5.69 Å². The van der Waals surface area contributed by atoms with Gasteiger partial charge in [-0.05, 0) is 26.7 Å². The monoisotopic (exact) mass is 298 g/mol. The molecule has 0 spiro atoms. The fourth-order valence-electron chi connectivity index (χ4n) is 2.42. The van der Waals surface area contributed by atoms with Crippen LogP contribution < -0.4 is 5.32 Å². The number of hydrogen-bond acceptors (Lipinski definition) is 2. The fraction of sp³-hybridized carbons (Fsp3) is 0.500. The average Bonchev–Trinajstić information content (AvgIpc) is 2.44. The summed E-state index contributed by atoms with van der Waals surface area (Å²) in [5.74, 6) is -2.93. The molecule has 2 rings (SSSR count). The predicted molar refractivity (Wildman–Crippen MR) is 78.8 cm³/mol. The first-order valence-corrected chi connectivity index (χ1v) is 7.22. The number of hydrogen-bond donors (Lipinski definition) is 1. The van der Waals surface area contributed by atoms with E-state index in [0.29, 0.717) is 6.07 Å². The van der Waals surface area contributed by atoms with E-state index >= 15 is 0 Å². The lowest BCUT2D eigenvalue weighted by atomic mass is 10.0. The molecule has 0 amide bonds. The quantitative estimate of drug-likeness (QED) is 0.669. The Kier molecular flexibility index (Phi) is 5.28. The highest BCUT2D eigenvalue weighted by atomic mass is 19.2. The molecule has 0 saturated carbocycles. The Hall–Kier alpha value is -1.49. The molecule has 0 aromatic heterocycles. The van der Waals surface area contributed by atoms with Gasteiger partial charge in [-0.25, -0.2) is 13.2 Å². The van der Waals surface area contributed by atoms with Gasteiger partial charge in [-0.3, -0.25) is 4.90 Å². The van der Waals surface area contributed by atoms with Gasteiger partial charge in [0.15, 0.2) is 11.6 Å². The third kappa shape index (κ3) is 4.49. The zero-order chi connectivity index (χ0) is 15.4. The van der Waals surface area contributed by atoms with Crippen molar-refractivity contribution in [2.24, 2.45) is 0 Å². The molecule has 2 nitrogen and oxygen atoms in total. The molecule has 0 bridgehead atoms. The maximum Gasteiger partial charge on any atom is 0.161 e. The van der Waals surface area contributed by atoms with E-state index in [4.69, 9.17) is 0 Å². The van der Waals surface area contributed by atoms with Crippen LogP contribution in [0.15, 0.2) is 23.8 Å². The summed E-state index contributed by atoms with van der Waals surface area (Å²) in [6.45, 7) is 6.88. The number of likely N-dealkylation sites (tertiary alicyclic amines) is 1. The third-order valence-electron chi connectivity index (χ3n) is 3.71. The third-order valence-corrected chi connectivity index (χ3v) is 3.71. The second-order valence-electron chi connectivity index (χ2n) is 5.75. The van der Waals surface area contributed by atoms with Crippen LogP contribution in [0, 0.1) is 17.5 Å². The van der Waals surface area contributed by atoms with Gasteiger partial charge >= 0.3 is 0 Å². The molecule has 1 aromatic rings. The Labute approximate surface area is 123 Å². The second kappa shape index (κ2) is 6.98. The lowest BCUT2D eigenvalue weighted by Gasteiger charge is -2.32. The number of nitrogens with one attached hydrogen (secondary N) is 1. The van der Waals surface area contributed by atoms with Gasteiger partial charge in [0, 0.05) is 37.8 Å². The van der Waals surface area contributed by atoms with Crippen LogP contribution in [0.1, 0.15) is 26.7 Å². The van der Waals surface area contributed by atoms with E-state index in [2.05, 4.69) is 30.1 Å². The van der Waals surface area contributed by atoms with Gasteiger partial charge in [0.2, 0.25) is 0 Å². The molecule has 21 heavy (non-hydrogen) atoms. The zero-order valence-corrected chi connectivity index (χ0v) is 12.4. The molecule has 1 heterocycles. The molecule has 1 fully saturated rings. The fourth-order valence-corrected chi connectivity index (χ4v) is 2.42. The minimum atomic E-state index is -1.16. The normalized spacial score (nSPS) is 16.8. The topological polar surface area (TPSA) is 15.3 Å². The number of anilines is 1. The van der Waals surface area contributed by atoms with Crippen molar-refractivity contribution in [2.75, 3.05) is 25.0 Å². The molecule has 116 valence electrons. The van der Waals surface area contributed by atoms with Crippen LogP contribution in [0.2, 0.25) is 0 Å². The standard InChI is InChI=1S/C16H21F3N2/c1-11(2)3-6-21-7-4-12(5-8-21)20-16-10-14(18)13(17)9-15(16)19/h3,9-10,12,20H,4-8H2,1-2H3. The minimum absolute atomic E-state index is 0.0386. The van der Waals surface area contributed by atoms with Crippen LogP contribution in [0.3, 0.4) is 0 Å². The highest BCUT2D eigenvalue weighted by molar-refractivity contribution is 5.46. The summed E-state index contributed by atoms with van der Waals surface area (Å²) in [6, 6.07) is 1.56. The predicted octanol–water partition coefficient (Wildman–Crippen LogP) is 3.95. The van der Waals surface area contributed by atoms with Gasteiger partial charge in [-0.15, -0.1) is 0 Å². The molecule has 1 saturated heterocycles. The van der Waals surface area contributed by atoms with Crippen molar-refractivity contribution in [1.29, 1.82) is 0 Å². The van der Waals surface area contributed by atoms with Crippen LogP contribution >= 0.6 is 0 Å². The smallest absolute Gasteiger partial charge is 0.161 e. The SMILES string of the molecule is CC(C)=CCN1CCC(Nc2cc(F)c(F)cc2F)CC1. The number of piperidine rings is 1. The summed E-state index contributed by atoms with van der Waals surface area (Å²) in [6.07, 6.45) is 3.90. The van der Waals surface area contributed by atoms with Crippen molar-refractivity contribution in [3.8, 4) is 0 Å². The van der Waals surface area contributed by atoms with Crippen LogP contribution in [0.5, 0.6) is 0 Å². The largest absolute Gasteiger partial charge is 0.380 e. The highest BCUT2D eigenvalue weighted by Gasteiger charge is 2.20. The number of rotatable bonds is 4. The van der Waals surface area contributed by atoms with Gasteiger partial charge in [0.05, 0.1) is 5.69 Å². The summed E-state index contributed by atoms with van der Waals surface area (Å²) < 4.78 is 39.6. The summed E-state index contributed by atoms with van der Waals surface area (Å²) in [5, 5.41) is 2.98. The Morgan fingerprint density at radius 2 is 1.76 bits per heavy atom. The minimum Gasteiger partial charge on any atom is -0.380 e. The van der Waals surface area contributed by atoms with Gasteiger partial charge in [0.1, 0.15) is 5.82 Å². The molecule has 0 aliphatic carbocycles. The average molecular weight is 298 g/mol. The Morgan fingerprint density at radius 1 is 1.14 bits per heavy atom. The summed E-state index contributed by atoms with van der Waals surface area (Å²) in [5.41, 5.74) is 1.33. The molecule has 0 radical (unpaired) electrons. The molecular weight excluding hydrogens is 277 g/mol. The lowest BCUT2D eigenvalue weighted by molar-refractivity contribution is 0.239. The van der Waals surface area contributed by atoms with Crippen LogP contribution in [-0.2, 0) is 0 Å². The molecule has 1 aliphatic rings. The van der Waals surface area contributed by atoms with Crippen molar-refractivity contribution in [3.63, 3.8) is 0 Å². The molecular formula is C16H21F3N2. The van der Waals surface area contributed by atoms with Crippen molar-refractivity contribution < 1.29 is 13.2 Å². The number of nitrogens with zero attached hydrogens (tertiary/aromatic N) is 1. The van der Waals surface area contributed by atoms with E-state index in [1.54, 1.807) is 0 Å². The summed E-state index contributed by atoms with van der Waals surface area (Å²) in [4.78, 5) is 2.33.